The Hall–Kier alpha value is 0.310. The lowest BCUT2D eigenvalue weighted by molar-refractivity contribution is 0.315. The lowest BCUT2D eigenvalue weighted by Crippen LogP contribution is -2.37. The molecule has 1 heterocycles. The van der Waals surface area contributed by atoms with E-state index in [1.54, 1.807) is 0 Å². The maximum absolute atomic E-state index is 3.60. The third kappa shape index (κ3) is 3.81. The van der Waals surface area contributed by atoms with Gasteiger partial charge in [0.1, 0.15) is 0 Å². The maximum atomic E-state index is 3.60. The van der Waals surface area contributed by atoms with Crippen LogP contribution in [0.4, 0.5) is 0 Å². The molecule has 0 aromatic heterocycles. The number of thioether (sulfide) groups is 1. The molecule has 1 aliphatic rings. The summed E-state index contributed by atoms with van der Waals surface area (Å²) in [7, 11) is 0. The van der Waals surface area contributed by atoms with Crippen molar-refractivity contribution in [2.24, 2.45) is 5.92 Å². The molecule has 72 valence electrons. The number of rotatable bonds is 4. The quantitative estimate of drug-likeness (QED) is 0.679. The Labute approximate surface area is 80.7 Å². The average molecular weight is 187 g/mol. The molecule has 0 amide bonds. The molecule has 2 heteroatoms. The number of nitrogens with one attached hydrogen (secondary N) is 1. The van der Waals surface area contributed by atoms with E-state index in [9.17, 15) is 0 Å². The van der Waals surface area contributed by atoms with Crippen molar-refractivity contribution < 1.29 is 0 Å². The number of hydrogen-bond acceptors (Lipinski definition) is 2. The fourth-order valence-electron chi connectivity index (χ4n) is 1.81. The molecule has 0 bridgehead atoms. The van der Waals surface area contributed by atoms with Crippen LogP contribution in [0, 0.1) is 5.92 Å². The third-order valence-corrected chi connectivity index (χ3v) is 3.50. The number of hydrogen-bond donors (Lipinski definition) is 1. The molecule has 1 saturated heterocycles. The van der Waals surface area contributed by atoms with E-state index in [0.717, 1.165) is 12.0 Å². The van der Waals surface area contributed by atoms with Crippen LogP contribution >= 0.6 is 11.8 Å². The third-order valence-electron chi connectivity index (χ3n) is 2.57. The van der Waals surface area contributed by atoms with E-state index < -0.39 is 0 Å². The van der Waals surface area contributed by atoms with Crippen LogP contribution in [0.5, 0.6) is 0 Å². The van der Waals surface area contributed by atoms with Crippen molar-refractivity contribution in [3.8, 4) is 0 Å². The lowest BCUT2D eigenvalue weighted by atomic mass is 9.93. The van der Waals surface area contributed by atoms with Crippen molar-refractivity contribution in [3.05, 3.63) is 0 Å². The summed E-state index contributed by atoms with van der Waals surface area (Å²) in [6.07, 6.45) is 4.13. The van der Waals surface area contributed by atoms with Gasteiger partial charge in [0, 0.05) is 6.04 Å². The van der Waals surface area contributed by atoms with Crippen LogP contribution in [0.25, 0.3) is 0 Å². The molecule has 1 nitrogen and oxygen atoms in total. The Morgan fingerprint density at radius 1 is 1.50 bits per heavy atom. The van der Waals surface area contributed by atoms with E-state index in [4.69, 9.17) is 0 Å². The summed E-state index contributed by atoms with van der Waals surface area (Å²) in [6.45, 7) is 5.85. The van der Waals surface area contributed by atoms with Crippen LogP contribution in [0.2, 0.25) is 0 Å². The largest absolute Gasteiger partial charge is 0.314 e. The molecule has 2 atom stereocenters. The second-order valence-electron chi connectivity index (χ2n) is 3.77. The highest BCUT2D eigenvalue weighted by molar-refractivity contribution is 7.99. The minimum atomic E-state index is 0.813. The maximum Gasteiger partial charge on any atom is 0.00774 e. The predicted octanol–water partition coefficient (Wildman–Crippen LogP) is 2.52. The SMILES string of the molecule is CCSCCC1CC(C)CCN1. The van der Waals surface area contributed by atoms with Crippen LogP contribution in [-0.4, -0.2) is 24.1 Å². The van der Waals surface area contributed by atoms with Crippen LogP contribution in [0.15, 0.2) is 0 Å². The summed E-state index contributed by atoms with van der Waals surface area (Å²) in [5.41, 5.74) is 0. The molecule has 2 unspecified atom stereocenters. The summed E-state index contributed by atoms with van der Waals surface area (Å²) in [5.74, 6) is 3.55. The van der Waals surface area contributed by atoms with E-state index in [1.165, 1.54) is 37.3 Å². The molecular weight excluding hydrogens is 166 g/mol. The molecule has 0 radical (unpaired) electrons. The standard InChI is InChI=1S/C10H21NS/c1-3-12-7-5-10-8-9(2)4-6-11-10/h9-11H,3-8H2,1-2H3. The average Bonchev–Trinajstić information content (AvgIpc) is 2.05. The van der Waals surface area contributed by atoms with Gasteiger partial charge in [-0.15, -0.1) is 0 Å². The van der Waals surface area contributed by atoms with Crippen LogP contribution < -0.4 is 5.32 Å². The molecule has 0 spiro atoms. The summed E-state index contributed by atoms with van der Waals surface area (Å²) in [5, 5.41) is 3.60. The highest BCUT2D eigenvalue weighted by Gasteiger charge is 2.17. The smallest absolute Gasteiger partial charge is 0.00774 e. The molecule has 0 aliphatic carbocycles. The molecular formula is C10H21NS. The molecule has 1 rings (SSSR count). The first kappa shape index (κ1) is 10.4. The molecule has 0 saturated carbocycles. The fraction of sp³-hybridized carbons (Fsp3) is 1.00. The predicted molar refractivity (Wildman–Crippen MR) is 57.8 cm³/mol. The monoisotopic (exact) mass is 187 g/mol. The summed E-state index contributed by atoms with van der Waals surface area (Å²) in [6, 6.07) is 0.813. The summed E-state index contributed by atoms with van der Waals surface area (Å²) < 4.78 is 0. The van der Waals surface area contributed by atoms with E-state index in [1.807, 2.05) is 0 Å². The zero-order chi connectivity index (χ0) is 8.81. The van der Waals surface area contributed by atoms with Crippen LogP contribution in [0.1, 0.15) is 33.1 Å². The molecule has 1 fully saturated rings. The van der Waals surface area contributed by atoms with Crippen molar-refractivity contribution in [2.45, 2.75) is 39.2 Å². The van der Waals surface area contributed by atoms with E-state index >= 15 is 0 Å². The van der Waals surface area contributed by atoms with Gasteiger partial charge in [-0.1, -0.05) is 13.8 Å². The van der Waals surface area contributed by atoms with Gasteiger partial charge < -0.3 is 5.32 Å². The summed E-state index contributed by atoms with van der Waals surface area (Å²) in [4.78, 5) is 0. The fourth-order valence-corrected chi connectivity index (χ4v) is 2.55. The van der Waals surface area contributed by atoms with Gasteiger partial charge in [-0.25, -0.2) is 0 Å². The Morgan fingerprint density at radius 3 is 3.00 bits per heavy atom. The van der Waals surface area contributed by atoms with Gasteiger partial charge in [0.2, 0.25) is 0 Å². The topological polar surface area (TPSA) is 12.0 Å². The van der Waals surface area contributed by atoms with Crippen molar-refractivity contribution >= 4 is 11.8 Å². The van der Waals surface area contributed by atoms with Gasteiger partial charge in [-0.3, -0.25) is 0 Å². The highest BCUT2D eigenvalue weighted by atomic mass is 32.2. The van der Waals surface area contributed by atoms with E-state index in [-0.39, 0.29) is 0 Å². The Kier molecular flexibility index (Phi) is 5.08. The zero-order valence-corrected chi connectivity index (χ0v) is 9.12. The van der Waals surface area contributed by atoms with Crippen molar-refractivity contribution in [1.29, 1.82) is 0 Å². The Bertz CT molecular complexity index is 116. The first-order valence-electron chi connectivity index (χ1n) is 5.14. The molecule has 1 N–H and O–H groups in total. The van der Waals surface area contributed by atoms with Gasteiger partial charge in [0.05, 0.1) is 0 Å². The Balaban J connectivity index is 2.06. The normalized spacial score (nSPS) is 30.5. The highest BCUT2D eigenvalue weighted by Crippen LogP contribution is 2.18. The summed E-state index contributed by atoms with van der Waals surface area (Å²) >= 11 is 2.06. The first-order valence-corrected chi connectivity index (χ1v) is 6.29. The minimum absolute atomic E-state index is 0.813. The molecule has 0 aromatic rings. The van der Waals surface area contributed by atoms with E-state index in [2.05, 4.69) is 30.9 Å². The van der Waals surface area contributed by atoms with Crippen LogP contribution in [-0.2, 0) is 0 Å². The molecule has 12 heavy (non-hydrogen) atoms. The Morgan fingerprint density at radius 2 is 2.33 bits per heavy atom. The van der Waals surface area contributed by atoms with Crippen molar-refractivity contribution in [3.63, 3.8) is 0 Å². The van der Waals surface area contributed by atoms with Gasteiger partial charge in [-0.05, 0) is 43.2 Å². The van der Waals surface area contributed by atoms with Gasteiger partial charge in [0.15, 0.2) is 0 Å². The van der Waals surface area contributed by atoms with Gasteiger partial charge in [0.25, 0.3) is 0 Å². The zero-order valence-electron chi connectivity index (χ0n) is 8.31. The molecule has 0 aromatic carbocycles. The van der Waals surface area contributed by atoms with Gasteiger partial charge in [-0.2, -0.15) is 11.8 Å². The second-order valence-corrected chi connectivity index (χ2v) is 5.16. The van der Waals surface area contributed by atoms with Gasteiger partial charge >= 0.3 is 0 Å². The van der Waals surface area contributed by atoms with Crippen LogP contribution in [0.3, 0.4) is 0 Å². The first-order chi connectivity index (χ1) is 5.83. The van der Waals surface area contributed by atoms with E-state index in [0.29, 0.717) is 0 Å². The molecule has 1 aliphatic heterocycles. The number of piperidine rings is 1. The van der Waals surface area contributed by atoms with Crippen molar-refractivity contribution in [2.75, 3.05) is 18.1 Å². The second kappa shape index (κ2) is 5.87. The van der Waals surface area contributed by atoms with Crippen molar-refractivity contribution in [1.82, 2.24) is 5.32 Å². The minimum Gasteiger partial charge on any atom is -0.314 e. The lowest BCUT2D eigenvalue weighted by Gasteiger charge is -2.28.